The van der Waals surface area contributed by atoms with E-state index in [0.29, 0.717) is 0 Å². The molecule has 0 radical (unpaired) electrons. The SMILES string of the molecule is Cc1cc(C)c(N2CC[N+](CCCO)=[C]2[Ga]([CH3])[CH3])c(C)c1. The summed E-state index contributed by atoms with van der Waals surface area (Å²) in [4.78, 5) is 2.58. The molecule has 0 atom stereocenters. The van der Waals surface area contributed by atoms with Crippen molar-refractivity contribution in [2.75, 3.05) is 31.1 Å². The van der Waals surface area contributed by atoms with Crippen LogP contribution in [0.4, 0.5) is 5.69 Å². The van der Waals surface area contributed by atoms with Crippen LogP contribution in [0.25, 0.3) is 0 Å². The predicted octanol–water partition coefficient (Wildman–Crippen LogP) is 2.52. The Labute approximate surface area is 134 Å². The summed E-state index contributed by atoms with van der Waals surface area (Å²) >= 11 is -1.41. The van der Waals surface area contributed by atoms with E-state index in [9.17, 15) is 0 Å². The van der Waals surface area contributed by atoms with Crippen molar-refractivity contribution in [3.63, 3.8) is 0 Å². The van der Waals surface area contributed by atoms with Crippen LogP contribution in [-0.2, 0) is 0 Å². The number of amidine groups is 1. The molecule has 3 nitrogen and oxygen atoms in total. The van der Waals surface area contributed by atoms with Crippen molar-refractivity contribution in [1.82, 2.24) is 0 Å². The molecule has 0 bridgehead atoms. The number of aliphatic hydroxyl groups is 1. The van der Waals surface area contributed by atoms with Crippen molar-refractivity contribution >= 4 is 26.3 Å². The third-order valence-electron chi connectivity index (χ3n) is 4.20. The second-order valence-electron chi connectivity index (χ2n) is 6.48. The first-order valence-electron chi connectivity index (χ1n) is 8.03. The summed E-state index contributed by atoms with van der Waals surface area (Å²) in [6, 6.07) is 4.59. The summed E-state index contributed by atoms with van der Waals surface area (Å²) in [6.45, 7) is 10.1. The number of hydrogen-bond acceptors (Lipinski definition) is 2. The molecule has 1 aromatic rings. The Balaban J connectivity index is 2.42. The van der Waals surface area contributed by atoms with Crippen LogP contribution in [-0.4, -0.2) is 56.5 Å². The van der Waals surface area contributed by atoms with E-state index in [4.69, 9.17) is 5.11 Å². The quantitative estimate of drug-likeness (QED) is 0.655. The molecule has 0 aliphatic carbocycles. The van der Waals surface area contributed by atoms with E-state index in [1.807, 2.05) is 0 Å². The summed E-state index contributed by atoms with van der Waals surface area (Å²) in [5, 5.41) is 9.12. The first-order valence-corrected chi connectivity index (χ1v) is 14.1. The summed E-state index contributed by atoms with van der Waals surface area (Å²) < 4.78 is 4.12. The minimum absolute atomic E-state index is 0.289. The molecule has 1 aromatic carbocycles. The molecule has 1 N–H and O–H groups in total. The molecule has 1 heterocycles. The second kappa shape index (κ2) is 7.03. The van der Waals surface area contributed by atoms with Crippen LogP contribution in [0.15, 0.2) is 12.1 Å². The third-order valence-corrected chi connectivity index (χ3v) is 7.79. The average Bonchev–Trinajstić information content (AvgIpc) is 2.78. The van der Waals surface area contributed by atoms with E-state index < -0.39 is 16.2 Å². The van der Waals surface area contributed by atoms with Crippen molar-refractivity contribution in [2.24, 2.45) is 0 Å². The number of hydrogen-bond donors (Lipinski definition) is 1. The van der Waals surface area contributed by atoms with Crippen LogP contribution in [0.3, 0.4) is 0 Å². The molecule has 2 rings (SSSR count). The van der Waals surface area contributed by atoms with Crippen LogP contribution in [0, 0.1) is 20.8 Å². The zero-order valence-corrected chi connectivity index (χ0v) is 16.5. The summed E-state index contributed by atoms with van der Waals surface area (Å²) in [5.41, 5.74) is 10.4. The monoisotopic (exact) mass is 345 g/mol. The Morgan fingerprint density at radius 1 is 1.19 bits per heavy atom. The van der Waals surface area contributed by atoms with Crippen molar-refractivity contribution < 1.29 is 9.68 Å². The fourth-order valence-electron chi connectivity index (χ4n) is 3.61. The minimum atomic E-state index is -1.41. The molecule has 0 saturated carbocycles. The molecule has 1 aliphatic rings. The van der Waals surface area contributed by atoms with Crippen molar-refractivity contribution in [3.8, 4) is 0 Å². The maximum absolute atomic E-state index is 9.12. The molecule has 0 unspecified atom stereocenters. The molecule has 0 saturated heterocycles. The number of aliphatic hydroxyl groups excluding tert-OH is 1. The van der Waals surface area contributed by atoms with Crippen LogP contribution >= 0.6 is 0 Å². The van der Waals surface area contributed by atoms with E-state index >= 15 is 0 Å². The van der Waals surface area contributed by atoms with Gasteiger partial charge in [-0.25, -0.2) is 0 Å². The van der Waals surface area contributed by atoms with Gasteiger partial charge in [0.25, 0.3) is 0 Å². The fourth-order valence-corrected chi connectivity index (χ4v) is 7.53. The van der Waals surface area contributed by atoms with Gasteiger partial charge in [0.15, 0.2) is 0 Å². The standard InChI is InChI=1S/C15H22N2O.2CH3.Ga/c1-12-9-13(2)15(14(3)10-12)17-7-6-16(11-17)5-4-8-18;;;/h9-10,18H,4-8H2,1-3H3;2*1H3;/q+1;;;. The van der Waals surface area contributed by atoms with Crippen molar-refractivity contribution in [1.29, 1.82) is 0 Å². The van der Waals surface area contributed by atoms with Crippen LogP contribution in [0.1, 0.15) is 23.1 Å². The Morgan fingerprint density at radius 3 is 2.33 bits per heavy atom. The number of aryl methyl sites for hydroxylation is 3. The Hall–Kier alpha value is -0.714. The molecule has 0 aromatic heterocycles. The molecular formula is C17H28GaN2O+. The van der Waals surface area contributed by atoms with E-state index in [-0.39, 0.29) is 6.61 Å². The number of nitrogens with zero attached hydrogens (tertiary/aromatic N) is 2. The van der Waals surface area contributed by atoms with Gasteiger partial charge in [0.1, 0.15) is 0 Å². The molecule has 4 heteroatoms. The van der Waals surface area contributed by atoms with Gasteiger partial charge in [0, 0.05) is 0 Å². The Kier molecular flexibility index (Phi) is 5.58. The fraction of sp³-hybridized carbons (Fsp3) is 0.588. The molecule has 0 spiro atoms. The molecule has 114 valence electrons. The Morgan fingerprint density at radius 2 is 1.81 bits per heavy atom. The molecular weight excluding hydrogens is 318 g/mol. The topological polar surface area (TPSA) is 26.5 Å². The molecule has 0 fully saturated rings. The van der Waals surface area contributed by atoms with Crippen LogP contribution in [0.5, 0.6) is 0 Å². The molecule has 0 amide bonds. The van der Waals surface area contributed by atoms with Crippen molar-refractivity contribution in [2.45, 2.75) is 38.1 Å². The number of anilines is 1. The van der Waals surface area contributed by atoms with Gasteiger partial charge in [-0.1, -0.05) is 0 Å². The third kappa shape index (κ3) is 3.55. The van der Waals surface area contributed by atoms with E-state index in [1.54, 1.807) is 4.39 Å². The summed E-state index contributed by atoms with van der Waals surface area (Å²) in [5.74, 6) is 0. The Bertz CT molecular complexity index is 529. The van der Waals surface area contributed by atoms with E-state index in [0.717, 1.165) is 26.1 Å². The van der Waals surface area contributed by atoms with Crippen molar-refractivity contribution in [3.05, 3.63) is 28.8 Å². The van der Waals surface area contributed by atoms with Crippen LogP contribution in [0.2, 0.25) is 11.0 Å². The average molecular weight is 346 g/mol. The van der Waals surface area contributed by atoms with Gasteiger partial charge >= 0.3 is 134 Å². The molecule has 21 heavy (non-hydrogen) atoms. The van der Waals surface area contributed by atoms with Gasteiger partial charge in [-0.3, -0.25) is 0 Å². The molecule has 1 aliphatic heterocycles. The summed E-state index contributed by atoms with van der Waals surface area (Å²) in [7, 11) is 0. The van der Waals surface area contributed by atoms with Crippen LogP contribution < -0.4 is 4.90 Å². The van der Waals surface area contributed by atoms with E-state index in [2.05, 4.69) is 53.3 Å². The van der Waals surface area contributed by atoms with Gasteiger partial charge in [0.05, 0.1) is 0 Å². The first kappa shape index (κ1) is 16.7. The van der Waals surface area contributed by atoms with Gasteiger partial charge < -0.3 is 0 Å². The first-order chi connectivity index (χ1) is 9.95. The van der Waals surface area contributed by atoms with Gasteiger partial charge in [-0.05, 0) is 0 Å². The second-order valence-corrected chi connectivity index (χ2v) is 12.4. The number of rotatable bonds is 5. The maximum atomic E-state index is 9.12. The zero-order chi connectivity index (χ0) is 15.6. The van der Waals surface area contributed by atoms with Gasteiger partial charge in [-0.2, -0.15) is 0 Å². The van der Waals surface area contributed by atoms with Gasteiger partial charge in [-0.15, -0.1) is 0 Å². The number of benzene rings is 1. The zero-order valence-electron chi connectivity index (χ0n) is 14.1. The predicted molar refractivity (Wildman–Crippen MR) is 92.2 cm³/mol. The normalized spacial score (nSPS) is 15.0. The summed E-state index contributed by atoms with van der Waals surface area (Å²) in [6.07, 6.45) is 0.873. The van der Waals surface area contributed by atoms with E-state index in [1.165, 1.54) is 22.4 Å². The van der Waals surface area contributed by atoms with Gasteiger partial charge in [0.2, 0.25) is 0 Å².